The molecular formula is C12H20ClN3. The van der Waals surface area contributed by atoms with E-state index in [1.165, 1.54) is 25.7 Å². The van der Waals surface area contributed by atoms with Crippen molar-refractivity contribution in [3.8, 4) is 0 Å². The molecule has 0 aromatic carbocycles. The third-order valence-electron chi connectivity index (χ3n) is 2.54. The molecule has 0 spiro atoms. The molecular weight excluding hydrogens is 222 g/mol. The van der Waals surface area contributed by atoms with Crippen LogP contribution in [0.2, 0.25) is 5.15 Å². The molecule has 0 N–H and O–H groups in total. The standard InChI is InChI=1S/C12H20ClN3/c1-3-5-7-16(8-6-4-2)11-9-12(13)15-14-10-11/h9-10H,3-8H2,1-2H3. The Labute approximate surface area is 103 Å². The lowest BCUT2D eigenvalue weighted by atomic mass is 10.2. The molecule has 0 amide bonds. The number of anilines is 1. The van der Waals surface area contributed by atoms with Crippen LogP contribution in [0.3, 0.4) is 0 Å². The second-order valence-corrected chi connectivity index (χ2v) is 4.32. The summed E-state index contributed by atoms with van der Waals surface area (Å²) < 4.78 is 0. The van der Waals surface area contributed by atoms with Crippen molar-refractivity contribution in [2.45, 2.75) is 39.5 Å². The lowest BCUT2D eigenvalue weighted by Crippen LogP contribution is -2.25. The number of rotatable bonds is 7. The molecule has 0 unspecified atom stereocenters. The highest BCUT2D eigenvalue weighted by molar-refractivity contribution is 6.29. The van der Waals surface area contributed by atoms with Gasteiger partial charge in [-0.2, -0.15) is 5.10 Å². The average Bonchev–Trinajstić information content (AvgIpc) is 2.29. The first kappa shape index (κ1) is 13.2. The van der Waals surface area contributed by atoms with Gasteiger partial charge in [-0.15, -0.1) is 5.10 Å². The maximum Gasteiger partial charge on any atom is 0.153 e. The predicted octanol–water partition coefficient (Wildman–Crippen LogP) is 3.54. The van der Waals surface area contributed by atoms with Crippen molar-refractivity contribution in [2.24, 2.45) is 0 Å². The Kier molecular flexibility index (Phi) is 6.16. The average molecular weight is 242 g/mol. The first-order valence-electron chi connectivity index (χ1n) is 6.01. The van der Waals surface area contributed by atoms with Gasteiger partial charge < -0.3 is 4.90 Å². The smallest absolute Gasteiger partial charge is 0.153 e. The van der Waals surface area contributed by atoms with Gasteiger partial charge in [0.15, 0.2) is 5.15 Å². The van der Waals surface area contributed by atoms with Crippen molar-refractivity contribution in [3.63, 3.8) is 0 Å². The Hall–Kier alpha value is -0.830. The largest absolute Gasteiger partial charge is 0.370 e. The summed E-state index contributed by atoms with van der Waals surface area (Å²) in [6, 6.07) is 1.89. The highest BCUT2D eigenvalue weighted by Crippen LogP contribution is 2.17. The molecule has 3 nitrogen and oxygen atoms in total. The van der Waals surface area contributed by atoms with Gasteiger partial charge in [-0.3, -0.25) is 0 Å². The molecule has 4 heteroatoms. The minimum atomic E-state index is 0.468. The molecule has 0 saturated heterocycles. The fourth-order valence-electron chi connectivity index (χ4n) is 1.57. The topological polar surface area (TPSA) is 29.0 Å². The minimum absolute atomic E-state index is 0.468. The van der Waals surface area contributed by atoms with Crippen LogP contribution in [-0.2, 0) is 0 Å². The van der Waals surface area contributed by atoms with Gasteiger partial charge >= 0.3 is 0 Å². The third kappa shape index (κ3) is 4.35. The van der Waals surface area contributed by atoms with Crippen molar-refractivity contribution >= 4 is 17.3 Å². The Morgan fingerprint density at radius 1 is 1.19 bits per heavy atom. The van der Waals surface area contributed by atoms with Crippen LogP contribution in [0.15, 0.2) is 12.3 Å². The van der Waals surface area contributed by atoms with Gasteiger partial charge in [0.1, 0.15) is 0 Å². The molecule has 0 bridgehead atoms. The lowest BCUT2D eigenvalue weighted by molar-refractivity contribution is 0.676. The van der Waals surface area contributed by atoms with Crippen molar-refractivity contribution < 1.29 is 0 Å². The summed E-state index contributed by atoms with van der Waals surface area (Å²) >= 11 is 5.86. The zero-order valence-corrected chi connectivity index (χ0v) is 10.9. The first-order valence-corrected chi connectivity index (χ1v) is 6.39. The molecule has 0 saturated carbocycles. The summed E-state index contributed by atoms with van der Waals surface area (Å²) in [5.41, 5.74) is 1.09. The number of nitrogens with zero attached hydrogens (tertiary/aromatic N) is 3. The number of unbranched alkanes of at least 4 members (excludes halogenated alkanes) is 2. The van der Waals surface area contributed by atoms with Crippen LogP contribution in [0, 0.1) is 0 Å². The fourth-order valence-corrected chi connectivity index (χ4v) is 1.73. The lowest BCUT2D eigenvalue weighted by Gasteiger charge is -2.24. The second-order valence-electron chi connectivity index (χ2n) is 3.93. The monoisotopic (exact) mass is 241 g/mol. The van der Waals surface area contributed by atoms with E-state index in [1.807, 2.05) is 6.07 Å². The summed E-state index contributed by atoms with van der Waals surface area (Å²) in [6.45, 7) is 6.54. The van der Waals surface area contributed by atoms with Gasteiger partial charge in [0.05, 0.1) is 11.9 Å². The Balaban J connectivity index is 2.66. The normalized spacial score (nSPS) is 10.4. The van der Waals surface area contributed by atoms with Crippen LogP contribution in [-0.4, -0.2) is 23.3 Å². The molecule has 1 aromatic rings. The van der Waals surface area contributed by atoms with E-state index in [-0.39, 0.29) is 0 Å². The molecule has 0 aliphatic heterocycles. The summed E-state index contributed by atoms with van der Waals surface area (Å²) in [7, 11) is 0. The molecule has 0 aliphatic rings. The van der Waals surface area contributed by atoms with Crippen molar-refractivity contribution in [1.29, 1.82) is 0 Å². The van der Waals surface area contributed by atoms with Crippen LogP contribution < -0.4 is 4.90 Å². The van der Waals surface area contributed by atoms with Crippen molar-refractivity contribution in [2.75, 3.05) is 18.0 Å². The number of aromatic nitrogens is 2. The molecule has 16 heavy (non-hydrogen) atoms. The van der Waals surface area contributed by atoms with Gasteiger partial charge in [-0.1, -0.05) is 38.3 Å². The molecule has 90 valence electrons. The SMILES string of the molecule is CCCCN(CCCC)c1cnnc(Cl)c1. The van der Waals surface area contributed by atoms with Crippen molar-refractivity contribution in [1.82, 2.24) is 10.2 Å². The van der Waals surface area contributed by atoms with Crippen LogP contribution >= 0.6 is 11.6 Å². The van der Waals surface area contributed by atoms with Gasteiger partial charge in [0.2, 0.25) is 0 Å². The summed E-state index contributed by atoms with van der Waals surface area (Å²) in [6.07, 6.45) is 6.59. The van der Waals surface area contributed by atoms with E-state index in [1.54, 1.807) is 6.20 Å². The van der Waals surface area contributed by atoms with Crippen LogP contribution in [0.25, 0.3) is 0 Å². The van der Waals surface area contributed by atoms with E-state index in [9.17, 15) is 0 Å². The predicted molar refractivity (Wildman–Crippen MR) is 69.1 cm³/mol. The molecule has 0 atom stereocenters. The maximum atomic E-state index is 5.86. The van der Waals surface area contributed by atoms with Crippen LogP contribution in [0.4, 0.5) is 5.69 Å². The Morgan fingerprint density at radius 3 is 2.31 bits per heavy atom. The van der Waals surface area contributed by atoms with E-state index in [2.05, 4.69) is 28.9 Å². The van der Waals surface area contributed by atoms with E-state index < -0.39 is 0 Å². The van der Waals surface area contributed by atoms with Gasteiger partial charge in [0.25, 0.3) is 0 Å². The number of hydrogen-bond acceptors (Lipinski definition) is 3. The summed E-state index contributed by atoms with van der Waals surface area (Å²) in [4.78, 5) is 2.34. The quantitative estimate of drug-likeness (QED) is 0.731. The van der Waals surface area contributed by atoms with E-state index in [0.29, 0.717) is 5.15 Å². The molecule has 1 aromatic heterocycles. The summed E-state index contributed by atoms with van der Waals surface area (Å²) in [5.74, 6) is 0. The highest BCUT2D eigenvalue weighted by Gasteiger charge is 2.06. The minimum Gasteiger partial charge on any atom is -0.370 e. The molecule has 0 radical (unpaired) electrons. The van der Waals surface area contributed by atoms with Gasteiger partial charge in [0, 0.05) is 19.2 Å². The Bertz CT molecular complexity index is 296. The van der Waals surface area contributed by atoms with Gasteiger partial charge in [-0.25, -0.2) is 0 Å². The van der Waals surface area contributed by atoms with Crippen molar-refractivity contribution in [3.05, 3.63) is 17.4 Å². The zero-order chi connectivity index (χ0) is 11.8. The first-order chi connectivity index (χ1) is 7.77. The third-order valence-corrected chi connectivity index (χ3v) is 2.72. The molecule has 0 aliphatic carbocycles. The number of halogens is 1. The molecule has 0 fully saturated rings. The van der Waals surface area contributed by atoms with E-state index >= 15 is 0 Å². The van der Waals surface area contributed by atoms with E-state index in [0.717, 1.165) is 18.8 Å². The fraction of sp³-hybridized carbons (Fsp3) is 0.667. The number of hydrogen-bond donors (Lipinski definition) is 0. The highest BCUT2D eigenvalue weighted by atomic mass is 35.5. The van der Waals surface area contributed by atoms with Crippen LogP contribution in [0.1, 0.15) is 39.5 Å². The van der Waals surface area contributed by atoms with Gasteiger partial charge in [-0.05, 0) is 12.8 Å². The second kappa shape index (κ2) is 7.44. The molecule has 1 rings (SSSR count). The zero-order valence-electron chi connectivity index (χ0n) is 10.1. The Morgan fingerprint density at radius 2 is 1.81 bits per heavy atom. The maximum absolute atomic E-state index is 5.86. The van der Waals surface area contributed by atoms with E-state index in [4.69, 9.17) is 11.6 Å². The molecule has 1 heterocycles. The summed E-state index contributed by atoms with van der Waals surface area (Å²) in [5, 5.41) is 8.14. The van der Waals surface area contributed by atoms with Crippen LogP contribution in [0.5, 0.6) is 0 Å².